The summed E-state index contributed by atoms with van der Waals surface area (Å²) in [6, 6.07) is 0. The first-order valence-corrected chi connectivity index (χ1v) is 5.95. The summed E-state index contributed by atoms with van der Waals surface area (Å²) in [5.41, 5.74) is 0.760. The van der Waals surface area contributed by atoms with Crippen LogP contribution in [0.25, 0.3) is 0 Å². The van der Waals surface area contributed by atoms with Crippen molar-refractivity contribution < 1.29 is 22.8 Å². The van der Waals surface area contributed by atoms with Gasteiger partial charge in [0, 0.05) is 18.3 Å². The molecule has 110 valence electrons. The zero-order valence-corrected chi connectivity index (χ0v) is 10.5. The number of hydrogen-bond donors (Lipinski definition) is 1. The number of hydrogen-bond acceptors (Lipinski definition) is 3. The molecule has 0 bridgehead atoms. The summed E-state index contributed by atoms with van der Waals surface area (Å²) in [5.74, 6) is -1.03. The van der Waals surface area contributed by atoms with Gasteiger partial charge < -0.3 is 14.8 Å². The second-order valence-corrected chi connectivity index (χ2v) is 4.52. The van der Waals surface area contributed by atoms with Gasteiger partial charge in [0.2, 0.25) is 11.8 Å². The number of nitrogens with one attached hydrogen (secondary N) is 1. The average molecular weight is 290 g/mol. The topological polar surface area (TPSA) is 69.3 Å². The Balaban J connectivity index is 1.84. The van der Waals surface area contributed by atoms with E-state index < -0.39 is 18.6 Å². The third-order valence-electron chi connectivity index (χ3n) is 2.91. The van der Waals surface area contributed by atoms with Gasteiger partial charge in [-0.15, -0.1) is 0 Å². The molecule has 0 saturated carbocycles. The monoisotopic (exact) mass is 290 g/mol. The lowest BCUT2D eigenvalue weighted by Gasteiger charge is -2.19. The summed E-state index contributed by atoms with van der Waals surface area (Å²) in [4.78, 5) is 31.6. The van der Waals surface area contributed by atoms with Gasteiger partial charge in [0.25, 0.3) is 0 Å². The molecule has 0 radical (unpaired) electrons. The molecule has 1 saturated heterocycles. The Labute approximate surface area is 112 Å². The molecule has 0 aliphatic carbocycles. The Morgan fingerprint density at radius 3 is 2.80 bits per heavy atom. The first kappa shape index (κ1) is 14.4. The van der Waals surface area contributed by atoms with Crippen LogP contribution in [0.5, 0.6) is 0 Å². The molecule has 0 spiro atoms. The molecular weight excluding hydrogens is 277 g/mol. The second-order valence-electron chi connectivity index (χ2n) is 4.52. The Morgan fingerprint density at radius 2 is 2.20 bits per heavy atom. The van der Waals surface area contributed by atoms with Crippen molar-refractivity contribution in [3.8, 4) is 0 Å². The maximum atomic E-state index is 12.2. The molecule has 0 atom stereocenters. The smallest absolute Gasteiger partial charge is 0.348 e. The van der Waals surface area contributed by atoms with Gasteiger partial charge in [0.05, 0.1) is 13.0 Å². The number of alkyl halides is 3. The summed E-state index contributed by atoms with van der Waals surface area (Å²) in [6.07, 6.45) is -0.884. The largest absolute Gasteiger partial charge is 0.406 e. The van der Waals surface area contributed by atoms with Gasteiger partial charge in [-0.1, -0.05) is 0 Å². The zero-order chi connectivity index (χ0) is 14.8. The molecule has 2 amide bonds. The highest BCUT2D eigenvalue weighted by molar-refractivity contribution is 5.87. The summed E-state index contributed by atoms with van der Waals surface area (Å²) >= 11 is 0. The van der Waals surface area contributed by atoms with E-state index in [1.54, 1.807) is 6.20 Å². The number of aromatic nitrogens is 2. The second kappa shape index (κ2) is 5.51. The number of halogens is 3. The summed E-state index contributed by atoms with van der Waals surface area (Å²) in [7, 11) is 0. The minimum absolute atomic E-state index is 0.120. The average Bonchev–Trinajstić information content (AvgIpc) is 2.95. The van der Waals surface area contributed by atoms with Crippen molar-refractivity contribution >= 4 is 11.8 Å². The summed E-state index contributed by atoms with van der Waals surface area (Å²) in [5, 5.41) is 0. The number of carbonyl (C=O) groups is 2. The first-order chi connectivity index (χ1) is 9.35. The van der Waals surface area contributed by atoms with Crippen LogP contribution in [0.2, 0.25) is 0 Å². The van der Waals surface area contributed by atoms with E-state index in [2.05, 4.69) is 9.97 Å². The normalized spacial score (nSPS) is 16.1. The molecule has 1 aromatic rings. The summed E-state index contributed by atoms with van der Waals surface area (Å²) in [6.45, 7) is -1.92. The van der Waals surface area contributed by atoms with Crippen LogP contribution in [0, 0.1) is 0 Å². The van der Waals surface area contributed by atoms with Crippen LogP contribution >= 0.6 is 0 Å². The van der Waals surface area contributed by atoms with Gasteiger partial charge in [0.1, 0.15) is 13.1 Å². The quantitative estimate of drug-likeness (QED) is 0.879. The van der Waals surface area contributed by atoms with E-state index in [-0.39, 0.29) is 25.5 Å². The van der Waals surface area contributed by atoms with E-state index in [9.17, 15) is 22.8 Å². The minimum Gasteiger partial charge on any atom is -0.348 e. The van der Waals surface area contributed by atoms with Crippen LogP contribution in [0.1, 0.15) is 12.1 Å². The summed E-state index contributed by atoms with van der Waals surface area (Å²) < 4.78 is 36.7. The van der Waals surface area contributed by atoms with Crippen molar-refractivity contribution in [2.24, 2.45) is 0 Å². The molecule has 0 unspecified atom stereocenters. The number of rotatable bonds is 4. The molecule has 20 heavy (non-hydrogen) atoms. The lowest BCUT2D eigenvalue weighted by Crippen LogP contribution is -2.37. The van der Waals surface area contributed by atoms with Gasteiger partial charge in [-0.3, -0.25) is 9.59 Å². The van der Waals surface area contributed by atoms with E-state index in [4.69, 9.17) is 0 Å². The number of nitrogens with zero attached hydrogens (tertiary/aromatic N) is 3. The number of amides is 2. The van der Waals surface area contributed by atoms with E-state index in [0.29, 0.717) is 11.3 Å². The predicted octanol–water partition coefficient (Wildman–Crippen LogP) is 0.533. The molecule has 0 aromatic carbocycles. The third-order valence-corrected chi connectivity index (χ3v) is 2.91. The third kappa shape index (κ3) is 3.72. The van der Waals surface area contributed by atoms with Crippen molar-refractivity contribution in [2.75, 3.05) is 19.8 Å². The fraction of sp³-hybridized carbons (Fsp3) is 0.545. The number of carbonyl (C=O) groups excluding carboxylic acids is 2. The van der Waals surface area contributed by atoms with E-state index in [1.807, 2.05) is 0 Å². The lowest BCUT2D eigenvalue weighted by atomic mass is 10.2. The van der Waals surface area contributed by atoms with Crippen LogP contribution in [0.3, 0.4) is 0 Å². The molecule has 6 nitrogen and oxygen atoms in total. The van der Waals surface area contributed by atoms with Crippen LogP contribution in [-0.2, 0) is 16.0 Å². The molecule has 2 rings (SSSR count). The van der Waals surface area contributed by atoms with Crippen molar-refractivity contribution in [1.29, 1.82) is 0 Å². The minimum atomic E-state index is -4.45. The SMILES string of the molecule is O=C(CCc1cnc[nH]1)N1CC(=O)N(CC(F)(F)F)C1. The zero-order valence-electron chi connectivity index (χ0n) is 10.5. The molecule has 9 heteroatoms. The molecule has 1 N–H and O–H groups in total. The molecule has 1 aliphatic heterocycles. The Morgan fingerprint density at radius 1 is 1.45 bits per heavy atom. The highest BCUT2D eigenvalue weighted by Gasteiger charge is 2.38. The standard InChI is InChI=1S/C11H13F3N4O2/c12-11(13,14)5-18-7-17(4-10(18)20)9(19)2-1-8-3-15-6-16-8/h3,6H,1-2,4-5,7H2,(H,15,16). The molecule has 2 heterocycles. The van der Waals surface area contributed by atoms with Crippen molar-refractivity contribution in [3.05, 3.63) is 18.2 Å². The fourth-order valence-electron chi connectivity index (χ4n) is 1.94. The van der Waals surface area contributed by atoms with E-state index >= 15 is 0 Å². The van der Waals surface area contributed by atoms with E-state index in [0.717, 1.165) is 10.6 Å². The van der Waals surface area contributed by atoms with Crippen LogP contribution in [0.4, 0.5) is 13.2 Å². The fourth-order valence-corrected chi connectivity index (χ4v) is 1.94. The Kier molecular flexibility index (Phi) is 3.96. The van der Waals surface area contributed by atoms with E-state index in [1.165, 1.54) is 6.33 Å². The lowest BCUT2D eigenvalue weighted by molar-refractivity contribution is -0.157. The number of aromatic amines is 1. The van der Waals surface area contributed by atoms with Gasteiger partial charge in [-0.2, -0.15) is 13.2 Å². The van der Waals surface area contributed by atoms with Crippen LogP contribution < -0.4 is 0 Å². The van der Waals surface area contributed by atoms with Crippen molar-refractivity contribution in [3.63, 3.8) is 0 Å². The molecule has 1 fully saturated rings. The highest BCUT2D eigenvalue weighted by Crippen LogP contribution is 2.19. The van der Waals surface area contributed by atoms with Crippen molar-refractivity contribution in [1.82, 2.24) is 19.8 Å². The Bertz CT molecular complexity index is 486. The highest BCUT2D eigenvalue weighted by atomic mass is 19.4. The Hall–Kier alpha value is -2.06. The number of H-pyrrole nitrogens is 1. The van der Waals surface area contributed by atoms with Gasteiger partial charge in [-0.05, 0) is 6.42 Å². The van der Waals surface area contributed by atoms with Gasteiger partial charge in [0.15, 0.2) is 0 Å². The van der Waals surface area contributed by atoms with Crippen LogP contribution in [0.15, 0.2) is 12.5 Å². The van der Waals surface area contributed by atoms with Gasteiger partial charge >= 0.3 is 6.18 Å². The molecule has 1 aromatic heterocycles. The molecule has 1 aliphatic rings. The maximum Gasteiger partial charge on any atom is 0.406 e. The number of aryl methyl sites for hydroxylation is 1. The number of imidazole rings is 1. The van der Waals surface area contributed by atoms with Crippen LogP contribution in [-0.4, -0.2) is 57.5 Å². The first-order valence-electron chi connectivity index (χ1n) is 5.95. The van der Waals surface area contributed by atoms with Gasteiger partial charge in [-0.25, -0.2) is 4.98 Å². The maximum absolute atomic E-state index is 12.2. The molecular formula is C11H13F3N4O2. The predicted molar refractivity (Wildman–Crippen MR) is 61.3 cm³/mol. The van der Waals surface area contributed by atoms with Crippen molar-refractivity contribution in [2.45, 2.75) is 19.0 Å².